The normalized spacial score (nSPS) is 12.4. The Balaban J connectivity index is 1.59. The van der Waals surface area contributed by atoms with E-state index >= 15 is 0 Å². The molecule has 0 bridgehead atoms. The fraction of sp³-hybridized carbons (Fsp3) is 0.635. The maximum absolute atomic E-state index is 2.84. The second kappa shape index (κ2) is 45.7. The maximum atomic E-state index is 2.84. The Morgan fingerprint density at radius 1 is 0.198 bits per heavy atom. The molecule has 2 nitrogen and oxygen atoms in total. The lowest BCUT2D eigenvalue weighted by Crippen LogP contribution is -2.20. The lowest BCUT2D eigenvalue weighted by molar-refractivity contribution is 0.568. The minimum Gasteiger partial charge on any atom is -0.309 e. The third kappa shape index (κ3) is 28.8. The molecule has 0 amide bonds. The second-order valence-electron chi connectivity index (χ2n) is 37.5. The third-order valence-corrected chi connectivity index (χ3v) is 23.5. The molecule has 0 aliphatic carbocycles. The van der Waals surface area contributed by atoms with E-state index in [-0.39, 0.29) is 21.7 Å². The van der Waals surface area contributed by atoms with E-state index in [4.69, 9.17) is 0 Å². The van der Waals surface area contributed by atoms with Gasteiger partial charge >= 0.3 is 0 Å². The number of anilines is 6. The predicted octanol–water partition coefficient (Wildman–Crippen LogP) is 34.5. The monoisotopic (exact) mass is 1440 g/mol. The van der Waals surface area contributed by atoms with Crippen LogP contribution in [0.1, 0.15) is 425 Å². The summed E-state index contributed by atoms with van der Waals surface area (Å²) in [5.74, 6) is 0. The number of fused-ring (bicyclic) bond motifs is 2. The van der Waals surface area contributed by atoms with Crippen molar-refractivity contribution in [2.45, 2.75) is 428 Å². The van der Waals surface area contributed by atoms with Crippen LogP contribution in [-0.2, 0) is 53.8 Å². The summed E-state index contributed by atoms with van der Waals surface area (Å²) in [5, 5.41) is 5.30. The fourth-order valence-electron chi connectivity index (χ4n) is 16.5. The van der Waals surface area contributed by atoms with Gasteiger partial charge in [-0.2, -0.15) is 0 Å². The van der Waals surface area contributed by atoms with Crippen molar-refractivity contribution in [3.63, 3.8) is 0 Å². The van der Waals surface area contributed by atoms with Crippen molar-refractivity contribution in [2.75, 3.05) is 9.80 Å². The van der Waals surface area contributed by atoms with Gasteiger partial charge in [0.05, 0.1) is 11.4 Å². The Labute approximate surface area is 655 Å². The highest BCUT2D eigenvalue weighted by Gasteiger charge is 2.31. The summed E-state index contributed by atoms with van der Waals surface area (Å²) in [6, 6.07) is 49.2. The van der Waals surface area contributed by atoms with Crippen molar-refractivity contribution in [3.05, 3.63) is 165 Å². The van der Waals surface area contributed by atoms with E-state index in [2.05, 4.69) is 243 Å². The lowest BCUT2D eigenvalue weighted by Gasteiger charge is -2.36. The first-order valence-corrected chi connectivity index (χ1v) is 45.1. The Morgan fingerprint density at radius 3 is 0.670 bits per heavy atom. The standard InChI is InChI=1S/C104H160N2/c1-18-23-28-33-38-43-48-53-60-82-67-68-97-98(75-82)100(106(94-80-89(103(12,13)14)77-90(81-94)104(15,16)17)92-73-85(63-56-51-46-41-36-31-26-21-4)70-86(74-92)64-57-52-47-42-37-32-27-22-5)96-66-59-58-65-95(96)99(97)105(93-78-87(101(6,7)8)76-88(79-93)102(9,10)11)91-71-83(61-54-49-44-39-34-29-24-19-2)69-84(72-91)62-55-50-45-40-35-30-25-20-3/h58-59,65-81H,18-57,60-64H2,1-17H3. The van der Waals surface area contributed by atoms with Crippen molar-refractivity contribution in [1.82, 2.24) is 0 Å². The summed E-state index contributed by atoms with van der Waals surface area (Å²) in [6.07, 6.45) is 58.6. The molecule has 0 saturated heterocycles. The molecule has 106 heavy (non-hydrogen) atoms. The highest BCUT2D eigenvalue weighted by molar-refractivity contribution is 6.23. The lowest BCUT2D eigenvalue weighted by atomic mass is 9.80. The Morgan fingerprint density at radius 2 is 0.415 bits per heavy atom. The highest BCUT2D eigenvalue weighted by atomic mass is 15.2. The van der Waals surface area contributed by atoms with Gasteiger partial charge < -0.3 is 9.80 Å². The first-order valence-electron chi connectivity index (χ1n) is 45.1. The van der Waals surface area contributed by atoms with Gasteiger partial charge in [-0.15, -0.1) is 0 Å². The average molecular weight is 1440 g/mol. The van der Waals surface area contributed by atoms with Crippen LogP contribution in [-0.4, -0.2) is 0 Å². The van der Waals surface area contributed by atoms with Crippen LogP contribution >= 0.6 is 0 Å². The molecule has 0 fully saturated rings. The Bertz CT molecular complexity index is 3480. The van der Waals surface area contributed by atoms with Crippen LogP contribution in [0, 0.1) is 0 Å². The zero-order chi connectivity index (χ0) is 76.4. The number of hydrogen-bond acceptors (Lipinski definition) is 2. The zero-order valence-electron chi connectivity index (χ0n) is 72.2. The zero-order valence-corrected chi connectivity index (χ0v) is 72.2. The summed E-state index contributed by atoms with van der Waals surface area (Å²) in [6.45, 7) is 40.9. The van der Waals surface area contributed by atoms with Crippen LogP contribution in [0.4, 0.5) is 34.1 Å². The molecule has 0 aliphatic rings. The summed E-state index contributed by atoms with van der Waals surface area (Å²) in [5.41, 5.74) is 20.5. The van der Waals surface area contributed by atoms with Crippen LogP contribution in [0.25, 0.3) is 21.5 Å². The molecule has 0 saturated carbocycles. The summed E-state index contributed by atoms with van der Waals surface area (Å²) in [7, 11) is 0. The number of rotatable bonds is 51. The largest absolute Gasteiger partial charge is 0.309 e. The number of hydrogen-bond donors (Lipinski definition) is 0. The summed E-state index contributed by atoms with van der Waals surface area (Å²) < 4.78 is 0. The molecule has 7 aromatic carbocycles. The van der Waals surface area contributed by atoms with Gasteiger partial charge in [-0.1, -0.05) is 403 Å². The van der Waals surface area contributed by atoms with E-state index in [1.807, 2.05) is 0 Å². The first-order chi connectivity index (χ1) is 51.0. The smallest absolute Gasteiger partial charge is 0.0620 e. The van der Waals surface area contributed by atoms with E-state index in [0.29, 0.717) is 0 Å². The number of benzene rings is 7. The molecular formula is C104H160N2. The van der Waals surface area contributed by atoms with Crippen LogP contribution in [0.15, 0.2) is 115 Å². The molecule has 0 aliphatic heterocycles. The third-order valence-electron chi connectivity index (χ3n) is 23.5. The van der Waals surface area contributed by atoms with E-state index in [9.17, 15) is 0 Å². The number of aryl methyl sites for hydroxylation is 5. The molecule has 586 valence electrons. The molecular weight excluding hydrogens is 1280 g/mol. The van der Waals surface area contributed by atoms with Gasteiger partial charge in [0, 0.05) is 44.3 Å². The SMILES string of the molecule is CCCCCCCCCCc1cc(CCCCCCCCCC)cc(N(c2cc(C(C)(C)C)cc(C(C)(C)C)c2)c2c3ccccc3c(N(c3cc(CCCCCCCCCC)cc(CCCCCCCCCC)c3)c3cc(C(C)(C)C)cc(C(C)(C)C)c3)c3cc(CCCCCCCCCC)ccc23)c1. The molecule has 0 N–H and O–H groups in total. The maximum Gasteiger partial charge on any atom is 0.0620 e. The second-order valence-corrected chi connectivity index (χ2v) is 37.5. The predicted molar refractivity (Wildman–Crippen MR) is 477 cm³/mol. The van der Waals surface area contributed by atoms with Crippen molar-refractivity contribution in [3.8, 4) is 0 Å². The topological polar surface area (TPSA) is 6.48 Å². The van der Waals surface area contributed by atoms with Crippen LogP contribution in [0.5, 0.6) is 0 Å². The van der Waals surface area contributed by atoms with E-state index < -0.39 is 0 Å². The van der Waals surface area contributed by atoms with Crippen LogP contribution in [0.3, 0.4) is 0 Å². The molecule has 0 atom stereocenters. The minimum atomic E-state index is -0.0805. The molecule has 7 rings (SSSR count). The van der Waals surface area contributed by atoms with Gasteiger partial charge in [-0.05, 0) is 191 Å². The average Bonchev–Trinajstić information content (AvgIpc) is 0.717. The van der Waals surface area contributed by atoms with Crippen molar-refractivity contribution in [2.24, 2.45) is 0 Å². The molecule has 2 heteroatoms. The van der Waals surface area contributed by atoms with Gasteiger partial charge in [-0.25, -0.2) is 0 Å². The first kappa shape index (κ1) is 87.9. The van der Waals surface area contributed by atoms with Crippen molar-refractivity contribution < 1.29 is 0 Å². The molecule has 0 aromatic heterocycles. The van der Waals surface area contributed by atoms with Gasteiger partial charge in [0.15, 0.2) is 0 Å². The van der Waals surface area contributed by atoms with Crippen LogP contribution < -0.4 is 9.80 Å². The summed E-state index contributed by atoms with van der Waals surface area (Å²) in [4.78, 5) is 5.66. The van der Waals surface area contributed by atoms with E-state index in [0.717, 1.165) is 32.1 Å². The van der Waals surface area contributed by atoms with Crippen molar-refractivity contribution >= 4 is 55.7 Å². The molecule has 0 unspecified atom stereocenters. The van der Waals surface area contributed by atoms with Crippen molar-refractivity contribution in [1.29, 1.82) is 0 Å². The Kier molecular flexibility index (Phi) is 37.9. The minimum absolute atomic E-state index is 0.0793. The molecule has 7 aromatic rings. The summed E-state index contributed by atoms with van der Waals surface area (Å²) >= 11 is 0. The Hall–Kier alpha value is -5.34. The van der Waals surface area contributed by atoms with Gasteiger partial charge in [-0.3, -0.25) is 0 Å². The molecule has 0 spiro atoms. The highest BCUT2D eigenvalue weighted by Crippen LogP contribution is 2.54. The van der Waals surface area contributed by atoms with E-state index in [1.165, 1.54) is 363 Å². The van der Waals surface area contributed by atoms with Gasteiger partial charge in [0.2, 0.25) is 0 Å². The fourth-order valence-corrected chi connectivity index (χ4v) is 16.5. The number of nitrogens with zero attached hydrogens (tertiary/aromatic N) is 2. The van der Waals surface area contributed by atoms with Crippen LogP contribution in [0.2, 0.25) is 0 Å². The molecule has 0 radical (unpaired) electrons. The van der Waals surface area contributed by atoms with Gasteiger partial charge in [0.25, 0.3) is 0 Å². The quantitative estimate of drug-likeness (QED) is 0.0213. The van der Waals surface area contributed by atoms with Gasteiger partial charge in [0.1, 0.15) is 0 Å². The van der Waals surface area contributed by atoms with E-state index in [1.54, 1.807) is 0 Å². The molecule has 0 heterocycles. The number of unbranched alkanes of at least 4 members (excludes halogenated alkanes) is 35.